The van der Waals surface area contributed by atoms with Gasteiger partial charge in [-0.2, -0.15) is 13.2 Å². The number of guanidine groups is 1. The maximum Gasteiger partial charge on any atom is 0.401 e. The summed E-state index contributed by atoms with van der Waals surface area (Å²) in [6, 6.07) is 0.527. The van der Waals surface area contributed by atoms with E-state index in [1.807, 2.05) is 0 Å². The Morgan fingerprint density at radius 3 is 2.64 bits per heavy atom. The number of hydrogen-bond donors (Lipinski definition) is 2. The van der Waals surface area contributed by atoms with Gasteiger partial charge in [-0.15, -0.1) is 0 Å². The van der Waals surface area contributed by atoms with Crippen LogP contribution in [0.15, 0.2) is 4.99 Å². The van der Waals surface area contributed by atoms with E-state index in [0.717, 1.165) is 13.1 Å². The van der Waals surface area contributed by atoms with Crippen LogP contribution in [0.25, 0.3) is 0 Å². The summed E-state index contributed by atoms with van der Waals surface area (Å²) in [6.07, 6.45) is -1.03. The second-order valence-corrected chi connectivity index (χ2v) is 6.21. The predicted octanol–water partition coefficient (Wildman–Crippen LogP) is 0.882. The van der Waals surface area contributed by atoms with Crippen molar-refractivity contribution in [2.75, 3.05) is 46.8 Å². The Bertz CT molecular complexity index is 385. The van der Waals surface area contributed by atoms with Gasteiger partial charge in [0.25, 0.3) is 0 Å². The Hall–Kier alpha value is -1.02. The van der Waals surface area contributed by atoms with Crippen molar-refractivity contribution in [1.82, 2.24) is 20.4 Å². The van der Waals surface area contributed by atoms with Gasteiger partial charge in [0.1, 0.15) is 0 Å². The first kappa shape index (κ1) is 17.3. The van der Waals surface area contributed by atoms with E-state index in [1.165, 1.54) is 17.7 Å². The second-order valence-electron chi connectivity index (χ2n) is 6.21. The van der Waals surface area contributed by atoms with Gasteiger partial charge in [0.15, 0.2) is 5.96 Å². The normalized spacial score (nSPS) is 28.3. The average Bonchev–Trinajstić information content (AvgIpc) is 3.02. The van der Waals surface area contributed by atoms with Crippen LogP contribution in [0.4, 0.5) is 13.2 Å². The lowest BCUT2D eigenvalue weighted by atomic mass is 10.2. The molecule has 2 fully saturated rings. The van der Waals surface area contributed by atoms with Crippen LogP contribution in [0, 0.1) is 0 Å². The Kier molecular flexibility index (Phi) is 5.91. The van der Waals surface area contributed by atoms with Gasteiger partial charge in [-0.1, -0.05) is 0 Å². The molecule has 0 amide bonds. The quantitative estimate of drug-likeness (QED) is 0.596. The van der Waals surface area contributed by atoms with E-state index >= 15 is 0 Å². The topological polar surface area (TPSA) is 42.9 Å². The van der Waals surface area contributed by atoms with Crippen molar-refractivity contribution in [3.8, 4) is 0 Å². The zero-order chi connectivity index (χ0) is 16.2. The fourth-order valence-electron chi connectivity index (χ4n) is 3.19. The van der Waals surface area contributed by atoms with Crippen molar-refractivity contribution in [3.05, 3.63) is 0 Å². The highest BCUT2D eigenvalue weighted by atomic mass is 19.4. The molecule has 22 heavy (non-hydrogen) atoms. The fraction of sp³-hybridized carbons (Fsp3) is 0.929. The van der Waals surface area contributed by atoms with Crippen molar-refractivity contribution < 1.29 is 13.2 Å². The largest absolute Gasteiger partial charge is 0.401 e. The fourth-order valence-corrected chi connectivity index (χ4v) is 3.19. The number of halogens is 3. The van der Waals surface area contributed by atoms with Gasteiger partial charge in [-0.05, 0) is 32.9 Å². The third-order valence-corrected chi connectivity index (χ3v) is 4.42. The highest BCUT2D eigenvalue weighted by Crippen LogP contribution is 2.20. The number of likely N-dealkylation sites (N-methyl/N-ethyl adjacent to an activating group) is 1. The van der Waals surface area contributed by atoms with Crippen molar-refractivity contribution >= 4 is 5.96 Å². The number of rotatable bonds is 4. The van der Waals surface area contributed by atoms with Gasteiger partial charge >= 0.3 is 6.18 Å². The second kappa shape index (κ2) is 7.50. The van der Waals surface area contributed by atoms with E-state index in [4.69, 9.17) is 0 Å². The van der Waals surface area contributed by atoms with Crippen molar-refractivity contribution in [3.63, 3.8) is 0 Å². The summed E-state index contributed by atoms with van der Waals surface area (Å²) in [5, 5.41) is 6.52. The summed E-state index contributed by atoms with van der Waals surface area (Å²) in [7, 11) is 3.80. The molecular weight excluding hydrogens is 295 g/mol. The molecule has 2 N–H and O–H groups in total. The third-order valence-electron chi connectivity index (χ3n) is 4.42. The molecule has 0 spiro atoms. The minimum absolute atomic E-state index is 0.0230. The molecule has 2 atom stereocenters. The number of aliphatic imine (C=N–C) groups is 1. The van der Waals surface area contributed by atoms with Gasteiger partial charge in [0, 0.05) is 38.8 Å². The number of likely N-dealkylation sites (tertiary alicyclic amines) is 2. The van der Waals surface area contributed by atoms with Crippen LogP contribution in [0.1, 0.15) is 19.3 Å². The lowest BCUT2D eigenvalue weighted by Gasteiger charge is -2.23. The Morgan fingerprint density at radius 1 is 1.27 bits per heavy atom. The molecule has 128 valence electrons. The van der Waals surface area contributed by atoms with E-state index in [0.29, 0.717) is 31.5 Å². The molecule has 0 aromatic rings. The van der Waals surface area contributed by atoms with Crippen LogP contribution in [-0.4, -0.2) is 80.8 Å². The highest BCUT2D eigenvalue weighted by molar-refractivity contribution is 5.80. The van der Waals surface area contributed by atoms with E-state index in [-0.39, 0.29) is 6.04 Å². The zero-order valence-corrected chi connectivity index (χ0v) is 13.3. The van der Waals surface area contributed by atoms with Crippen LogP contribution in [0.3, 0.4) is 0 Å². The smallest absolute Gasteiger partial charge is 0.355 e. The molecule has 2 heterocycles. The van der Waals surface area contributed by atoms with Gasteiger partial charge in [-0.3, -0.25) is 9.89 Å². The number of nitrogens with zero attached hydrogens (tertiary/aromatic N) is 3. The maximum absolute atomic E-state index is 12.4. The molecule has 0 radical (unpaired) electrons. The van der Waals surface area contributed by atoms with Gasteiger partial charge in [-0.25, -0.2) is 0 Å². The molecule has 0 saturated carbocycles. The van der Waals surface area contributed by atoms with E-state index in [9.17, 15) is 13.2 Å². The third kappa shape index (κ3) is 5.31. The molecule has 2 rings (SSSR count). The highest BCUT2D eigenvalue weighted by Gasteiger charge is 2.34. The molecule has 2 unspecified atom stereocenters. The van der Waals surface area contributed by atoms with Crippen molar-refractivity contribution in [2.24, 2.45) is 4.99 Å². The molecule has 0 aromatic heterocycles. The Morgan fingerprint density at radius 2 is 2.05 bits per heavy atom. The molecule has 2 aliphatic rings. The molecule has 0 bridgehead atoms. The summed E-state index contributed by atoms with van der Waals surface area (Å²) in [6.45, 7) is 1.98. The molecule has 2 aliphatic heterocycles. The molecule has 0 aliphatic carbocycles. The summed E-state index contributed by atoms with van der Waals surface area (Å²) < 4.78 is 37.2. The van der Waals surface area contributed by atoms with Gasteiger partial charge < -0.3 is 15.5 Å². The molecule has 5 nitrogen and oxygen atoms in total. The van der Waals surface area contributed by atoms with Crippen LogP contribution >= 0.6 is 0 Å². The van der Waals surface area contributed by atoms with E-state index in [2.05, 4.69) is 27.6 Å². The zero-order valence-electron chi connectivity index (χ0n) is 13.3. The SMILES string of the molecule is CN=C(NCC1CCCN1C)NC1CCN(CC(F)(F)F)C1. The van der Waals surface area contributed by atoms with Crippen LogP contribution in [0.5, 0.6) is 0 Å². The van der Waals surface area contributed by atoms with E-state index in [1.54, 1.807) is 7.05 Å². The predicted molar refractivity (Wildman–Crippen MR) is 81.0 cm³/mol. The number of alkyl halides is 3. The van der Waals surface area contributed by atoms with E-state index < -0.39 is 12.7 Å². The van der Waals surface area contributed by atoms with Gasteiger partial charge in [0.05, 0.1) is 6.54 Å². The first-order valence-electron chi connectivity index (χ1n) is 7.84. The standard InChI is InChI=1S/C14H26F3N5/c1-18-13(19-8-12-4-3-6-21(12)2)20-11-5-7-22(9-11)10-14(15,16)17/h11-12H,3-10H2,1-2H3,(H2,18,19,20). The molecule has 0 aromatic carbocycles. The van der Waals surface area contributed by atoms with Crippen molar-refractivity contribution in [1.29, 1.82) is 0 Å². The number of hydrogen-bond acceptors (Lipinski definition) is 3. The van der Waals surface area contributed by atoms with Crippen molar-refractivity contribution in [2.45, 2.75) is 37.5 Å². The summed E-state index contributed by atoms with van der Waals surface area (Å²) in [5.74, 6) is 0.680. The van der Waals surface area contributed by atoms with Gasteiger partial charge in [0.2, 0.25) is 0 Å². The summed E-state index contributed by atoms with van der Waals surface area (Å²) >= 11 is 0. The molecule has 2 saturated heterocycles. The maximum atomic E-state index is 12.4. The lowest BCUT2D eigenvalue weighted by Crippen LogP contribution is -2.48. The Balaban J connectivity index is 1.72. The average molecular weight is 321 g/mol. The lowest BCUT2D eigenvalue weighted by molar-refractivity contribution is -0.143. The first-order chi connectivity index (χ1) is 10.4. The monoisotopic (exact) mass is 321 g/mol. The van der Waals surface area contributed by atoms with Crippen LogP contribution < -0.4 is 10.6 Å². The van der Waals surface area contributed by atoms with Crippen LogP contribution in [-0.2, 0) is 0 Å². The van der Waals surface area contributed by atoms with Crippen LogP contribution in [0.2, 0.25) is 0 Å². The minimum atomic E-state index is -4.12. The Labute approximate surface area is 129 Å². The first-order valence-corrected chi connectivity index (χ1v) is 7.84. The summed E-state index contributed by atoms with van der Waals surface area (Å²) in [4.78, 5) is 7.93. The molecule has 8 heteroatoms. The molecular formula is C14H26F3N5. The summed E-state index contributed by atoms with van der Waals surface area (Å²) in [5.41, 5.74) is 0. The number of nitrogens with one attached hydrogen (secondary N) is 2. The minimum Gasteiger partial charge on any atom is -0.355 e.